The first kappa shape index (κ1) is 9.81. The van der Waals surface area contributed by atoms with Crippen molar-refractivity contribution in [3.63, 3.8) is 0 Å². The Hall–Kier alpha value is -0.730. The number of rotatable bonds is 3. The summed E-state index contributed by atoms with van der Waals surface area (Å²) in [5.41, 5.74) is 5.64. The van der Waals surface area contributed by atoms with Crippen molar-refractivity contribution in [1.29, 1.82) is 0 Å². The maximum atomic E-state index is 5.64. The van der Waals surface area contributed by atoms with Crippen molar-refractivity contribution in [2.45, 2.75) is 13.6 Å². The largest absolute Gasteiger partial charge is 0.383 e. The third-order valence-electron chi connectivity index (χ3n) is 1.39. The van der Waals surface area contributed by atoms with E-state index in [1.807, 2.05) is 6.26 Å². The van der Waals surface area contributed by atoms with Gasteiger partial charge in [-0.15, -0.1) is 10.2 Å². The fourth-order valence-electron chi connectivity index (χ4n) is 0.781. The molecule has 0 radical (unpaired) electrons. The van der Waals surface area contributed by atoms with Gasteiger partial charge >= 0.3 is 0 Å². The van der Waals surface area contributed by atoms with Gasteiger partial charge in [0, 0.05) is 0 Å². The van der Waals surface area contributed by atoms with Crippen molar-refractivity contribution >= 4 is 40.7 Å². The highest BCUT2D eigenvalue weighted by Gasteiger charge is 2.08. The molecule has 2 aromatic heterocycles. The molecule has 0 saturated heterocycles. The number of nitrogen functional groups attached to an aromatic ring is 1. The first-order valence-corrected chi connectivity index (χ1v) is 6.49. The second kappa shape index (κ2) is 4.20. The maximum Gasteiger partial charge on any atom is 0.180 e. The van der Waals surface area contributed by atoms with Crippen LogP contribution in [0.15, 0.2) is 19.8 Å². The molecule has 0 atom stereocenters. The standard InChI is InChI=1S/C6H7N5S3/c1-12-5-10-11-6(14-5)13-3-2-8-9-4(3)7/h2H,1H3,(H3,7,8,9). The fourth-order valence-corrected chi connectivity index (χ4v) is 3.15. The van der Waals surface area contributed by atoms with Crippen LogP contribution in [-0.4, -0.2) is 26.7 Å². The number of nitrogens with two attached hydrogens (primary N) is 1. The summed E-state index contributed by atoms with van der Waals surface area (Å²) in [6, 6.07) is 0. The van der Waals surface area contributed by atoms with Gasteiger partial charge in [-0.05, 0) is 6.26 Å². The van der Waals surface area contributed by atoms with Crippen molar-refractivity contribution in [1.82, 2.24) is 20.4 Å². The Morgan fingerprint density at radius 1 is 1.43 bits per heavy atom. The molecule has 8 heteroatoms. The molecule has 0 spiro atoms. The highest BCUT2D eigenvalue weighted by molar-refractivity contribution is 8.03. The van der Waals surface area contributed by atoms with Crippen LogP contribution in [0.1, 0.15) is 0 Å². The van der Waals surface area contributed by atoms with Crippen molar-refractivity contribution < 1.29 is 0 Å². The summed E-state index contributed by atoms with van der Waals surface area (Å²) >= 11 is 4.60. The Kier molecular flexibility index (Phi) is 2.94. The summed E-state index contributed by atoms with van der Waals surface area (Å²) in [7, 11) is 0. The van der Waals surface area contributed by atoms with E-state index in [1.54, 1.807) is 29.3 Å². The molecule has 14 heavy (non-hydrogen) atoms. The zero-order valence-electron chi connectivity index (χ0n) is 7.22. The van der Waals surface area contributed by atoms with Crippen LogP contribution in [0.4, 0.5) is 5.82 Å². The van der Waals surface area contributed by atoms with E-state index in [4.69, 9.17) is 5.73 Å². The van der Waals surface area contributed by atoms with E-state index in [9.17, 15) is 0 Å². The normalized spacial score (nSPS) is 10.6. The molecular formula is C6H7N5S3. The summed E-state index contributed by atoms with van der Waals surface area (Å²) in [5, 5.41) is 14.5. The Balaban J connectivity index is 2.15. The zero-order valence-corrected chi connectivity index (χ0v) is 9.67. The lowest BCUT2D eigenvalue weighted by atomic mass is 10.7. The molecule has 0 aliphatic rings. The SMILES string of the molecule is CSc1nnc(Sc2cn[nH]c2N)s1. The van der Waals surface area contributed by atoms with E-state index < -0.39 is 0 Å². The molecule has 5 nitrogen and oxygen atoms in total. The monoisotopic (exact) mass is 245 g/mol. The minimum Gasteiger partial charge on any atom is -0.383 e. The Labute approximate surface area is 92.9 Å². The summed E-state index contributed by atoms with van der Waals surface area (Å²) in [5.74, 6) is 0.566. The van der Waals surface area contributed by atoms with Crippen LogP contribution >= 0.6 is 34.9 Å². The topological polar surface area (TPSA) is 80.5 Å². The van der Waals surface area contributed by atoms with E-state index in [0.717, 1.165) is 13.6 Å². The molecule has 0 bridgehead atoms. The molecule has 2 heterocycles. The average molecular weight is 245 g/mol. The molecule has 74 valence electrons. The number of aromatic amines is 1. The predicted molar refractivity (Wildman–Crippen MR) is 58.8 cm³/mol. The fraction of sp³-hybridized carbons (Fsp3) is 0.167. The summed E-state index contributed by atoms with van der Waals surface area (Å²) < 4.78 is 1.83. The molecule has 0 saturated carbocycles. The van der Waals surface area contributed by atoms with Crippen LogP contribution in [0.2, 0.25) is 0 Å². The van der Waals surface area contributed by atoms with Gasteiger partial charge in [0.25, 0.3) is 0 Å². The number of nitrogens with one attached hydrogen (secondary N) is 1. The molecule has 0 aliphatic heterocycles. The molecule has 0 fully saturated rings. The van der Waals surface area contributed by atoms with Gasteiger partial charge in [-0.2, -0.15) is 5.10 Å². The maximum absolute atomic E-state index is 5.64. The van der Waals surface area contributed by atoms with Crippen LogP contribution in [0, 0.1) is 0 Å². The Bertz CT molecular complexity index is 423. The highest BCUT2D eigenvalue weighted by Crippen LogP contribution is 2.34. The highest BCUT2D eigenvalue weighted by atomic mass is 32.2. The van der Waals surface area contributed by atoms with Gasteiger partial charge in [0.1, 0.15) is 5.82 Å². The Morgan fingerprint density at radius 2 is 2.21 bits per heavy atom. The van der Waals surface area contributed by atoms with Gasteiger partial charge in [0.2, 0.25) is 0 Å². The quantitative estimate of drug-likeness (QED) is 0.801. The van der Waals surface area contributed by atoms with Gasteiger partial charge in [0.05, 0.1) is 11.1 Å². The lowest BCUT2D eigenvalue weighted by Gasteiger charge is -1.91. The number of H-pyrrole nitrogens is 1. The van der Waals surface area contributed by atoms with Crippen LogP contribution in [0.5, 0.6) is 0 Å². The van der Waals surface area contributed by atoms with E-state index in [-0.39, 0.29) is 0 Å². The molecule has 0 aromatic carbocycles. The van der Waals surface area contributed by atoms with Crippen LogP contribution in [0.3, 0.4) is 0 Å². The molecule has 0 unspecified atom stereocenters. The first-order chi connectivity index (χ1) is 6.79. The smallest absolute Gasteiger partial charge is 0.180 e. The lowest BCUT2D eigenvalue weighted by Crippen LogP contribution is -1.85. The third kappa shape index (κ3) is 2.02. The van der Waals surface area contributed by atoms with Gasteiger partial charge in [-0.25, -0.2) is 0 Å². The number of nitrogens with zero attached hydrogens (tertiary/aromatic N) is 3. The van der Waals surface area contributed by atoms with E-state index >= 15 is 0 Å². The number of hydrogen-bond acceptors (Lipinski definition) is 7. The molecule has 2 rings (SSSR count). The van der Waals surface area contributed by atoms with Crippen LogP contribution in [-0.2, 0) is 0 Å². The van der Waals surface area contributed by atoms with Crippen molar-refractivity contribution in [3.8, 4) is 0 Å². The van der Waals surface area contributed by atoms with Crippen LogP contribution in [0.25, 0.3) is 0 Å². The van der Waals surface area contributed by atoms with Gasteiger partial charge in [-0.1, -0.05) is 34.9 Å². The molecular weight excluding hydrogens is 238 g/mol. The minimum atomic E-state index is 0.566. The number of aromatic nitrogens is 4. The number of thioether (sulfide) groups is 1. The summed E-state index contributed by atoms with van der Waals surface area (Å²) in [6.07, 6.45) is 3.65. The molecule has 0 amide bonds. The molecule has 3 N–H and O–H groups in total. The minimum absolute atomic E-state index is 0.566. The van der Waals surface area contributed by atoms with Gasteiger partial charge in [0.15, 0.2) is 8.68 Å². The second-order valence-corrected chi connectivity index (χ2v) is 5.61. The zero-order chi connectivity index (χ0) is 9.97. The third-order valence-corrected chi connectivity index (χ3v) is 4.39. The van der Waals surface area contributed by atoms with Crippen LogP contribution < -0.4 is 5.73 Å². The first-order valence-electron chi connectivity index (χ1n) is 3.64. The van der Waals surface area contributed by atoms with Gasteiger partial charge in [-0.3, -0.25) is 5.10 Å². The predicted octanol–water partition coefficient (Wildman–Crippen LogP) is 1.72. The lowest BCUT2D eigenvalue weighted by molar-refractivity contribution is 0.956. The molecule has 0 aliphatic carbocycles. The van der Waals surface area contributed by atoms with Crippen molar-refractivity contribution in [3.05, 3.63) is 6.20 Å². The van der Waals surface area contributed by atoms with E-state index in [1.165, 1.54) is 11.8 Å². The van der Waals surface area contributed by atoms with Crippen molar-refractivity contribution in [2.24, 2.45) is 0 Å². The average Bonchev–Trinajstić information content (AvgIpc) is 2.77. The summed E-state index contributed by atoms with van der Waals surface area (Å²) in [6.45, 7) is 0. The number of hydrogen-bond donors (Lipinski definition) is 2. The number of anilines is 1. The van der Waals surface area contributed by atoms with Gasteiger partial charge < -0.3 is 5.73 Å². The molecule has 2 aromatic rings. The van der Waals surface area contributed by atoms with Crippen molar-refractivity contribution in [2.75, 3.05) is 12.0 Å². The van der Waals surface area contributed by atoms with E-state index in [2.05, 4.69) is 20.4 Å². The van der Waals surface area contributed by atoms with E-state index in [0.29, 0.717) is 5.82 Å². The second-order valence-electron chi connectivity index (χ2n) is 2.29. The Morgan fingerprint density at radius 3 is 2.79 bits per heavy atom. The summed E-state index contributed by atoms with van der Waals surface area (Å²) in [4.78, 5) is 0.883.